The molecule has 0 saturated carbocycles. The minimum atomic E-state index is -0.0935. The SMILES string of the molecule is CC(N=Cc1ccoc1O)c1ccccc1. The number of rotatable bonds is 3. The molecule has 1 heterocycles. The summed E-state index contributed by atoms with van der Waals surface area (Å²) in [5, 5.41) is 9.28. The molecule has 1 N–H and O–H groups in total. The van der Waals surface area contributed by atoms with Gasteiger partial charge in [0.1, 0.15) is 0 Å². The molecule has 0 bridgehead atoms. The van der Waals surface area contributed by atoms with Gasteiger partial charge in [-0.3, -0.25) is 4.99 Å². The summed E-state index contributed by atoms with van der Waals surface area (Å²) in [6.45, 7) is 2.00. The van der Waals surface area contributed by atoms with Crippen LogP contribution in [0.25, 0.3) is 0 Å². The van der Waals surface area contributed by atoms with Crippen LogP contribution in [0.2, 0.25) is 0 Å². The number of benzene rings is 1. The molecule has 0 aliphatic rings. The monoisotopic (exact) mass is 215 g/mol. The van der Waals surface area contributed by atoms with Gasteiger partial charge in [0.05, 0.1) is 17.9 Å². The zero-order chi connectivity index (χ0) is 11.4. The van der Waals surface area contributed by atoms with Gasteiger partial charge in [0, 0.05) is 6.21 Å². The number of nitrogens with zero attached hydrogens (tertiary/aromatic N) is 1. The lowest BCUT2D eigenvalue weighted by Crippen LogP contribution is -1.89. The minimum Gasteiger partial charge on any atom is -0.480 e. The lowest BCUT2D eigenvalue weighted by molar-refractivity contribution is 0.332. The van der Waals surface area contributed by atoms with Gasteiger partial charge in [0.25, 0.3) is 5.95 Å². The quantitative estimate of drug-likeness (QED) is 0.799. The Labute approximate surface area is 94.1 Å². The molecule has 0 fully saturated rings. The Morgan fingerprint density at radius 2 is 2.00 bits per heavy atom. The Morgan fingerprint density at radius 3 is 2.62 bits per heavy atom. The van der Waals surface area contributed by atoms with Crippen molar-refractivity contribution in [3.05, 3.63) is 53.8 Å². The second kappa shape index (κ2) is 4.66. The number of hydrogen-bond donors (Lipinski definition) is 1. The first-order valence-corrected chi connectivity index (χ1v) is 5.12. The smallest absolute Gasteiger partial charge is 0.290 e. The molecule has 1 aromatic heterocycles. The molecule has 2 rings (SSSR count). The van der Waals surface area contributed by atoms with Crippen LogP contribution in [0.4, 0.5) is 0 Å². The highest BCUT2D eigenvalue weighted by molar-refractivity contribution is 5.82. The van der Waals surface area contributed by atoms with E-state index >= 15 is 0 Å². The second-order valence-electron chi connectivity index (χ2n) is 3.55. The van der Waals surface area contributed by atoms with Crippen molar-refractivity contribution in [2.45, 2.75) is 13.0 Å². The lowest BCUT2D eigenvalue weighted by atomic mass is 10.1. The Bertz CT molecular complexity index is 474. The summed E-state index contributed by atoms with van der Waals surface area (Å²) < 4.78 is 4.77. The molecule has 0 aliphatic carbocycles. The van der Waals surface area contributed by atoms with Gasteiger partial charge in [-0.2, -0.15) is 0 Å². The summed E-state index contributed by atoms with van der Waals surface area (Å²) in [6.07, 6.45) is 3.06. The van der Waals surface area contributed by atoms with Crippen molar-refractivity contribution in [3.8, 4) is 5.95 Å². The van der Waals surface area contributed by atoms with Gasteiger partial charge in [0.15, 0.2) is 0 Å². The maximum absolute atomic E-state index is 9.28. The molecule has 3 heteroatoms. The zero-order valence-corrected chi connectivity index (χ0v) is 9.00. The third-order valence-electron chi connectivity index (χ3n) is 2.39. The van der Waals surface area contributed by atoms with Crippen LogP contribution >= 0.6 is 0 Å². The van der Waals surface area contributed by atoms with Gasteiger partial charge in [-0.15, -0.1) is 0 Å². The molecule has 0 amide bonds. The van der Waals surface area contributed by atoms with Crippen molar-refractivity contribution in [3.63, 3.8) is 0 Å². The van der Waals surface area contributed by atoms with Gasteiger partial charge in [0.2, 0.25) is 0 Å². The zero-order valence-electron chi connectivity index (χ0n) is 9.00. The fourth-order valence-corrected chi connectivity index (χ4v) is 1.42. The summed E-state index contributed by atoms with van der Waals surface area (Å²) in [5.41, 5.74) is 1.74. The fourth-order valence-electron chi connectivity index (χ4n) is 1.42. The van der Waals surface area contributed by atoms with E-state index in [-0.39, 0.29) is 12.0 Å². The topological polar surface area (TPSA) is 45.7 Å². The van der Waals surface area contributed by atoms with E-state index in [4.69, 9.17) is 4.42 Å². The van der Waals surface area contributed by atoms with Crippen LogP contribution in [0.1, 0.15) is 24.1 Å². The van der Waals surface area contributed by atoms with E-state index in [9.17, 15) is 5.11 Å². The molecule has 0 aliphatic heterocycles. The Kier molecular flexibility index (Phi) is 3.05. The van der Waals surface area contributed by atoms with Crippen LogP contribution in [-0.2, 0) is 0 Å². The Morgan fingerprint density at radius 1 is 1.25 bits per heavy atom. The first-order chi connectivity index (χ1) is 7.77. The number of aromatic hydroxyl groups is 1. The van der Waals surface area contributed by atoms with Crippen molar-refractivity contribution in [1.29, 1.82) is 0 Å². The van der Waals surface area contributed by atoms with E-state index in [1.54, 1.807) is 12.3 Å². The number of aliphatic imine (C=N–C) groups is 1. The number of furan rings is 1. The van der Waals surface area contributed by atoms with E-state index in [2.05, 4.69) is 4.99 Å². The van der Waals surface area contributed by atoms with Crippen molar-refractivity contribution >= 4 is 6.21 Å². The van der Waals surface area contributed by atoms with Gasteiger partial charge in [-0.1, -0.05) is 30.3 Å². The van der Waals surface area contributed by atoms with Crippen molar-refractivity contribution in [1.82, 2.24) is 0 Å². The van der Waals surface area contributed by atoms with Gasteiger partial charge in [-0.05, 0) is 18.6 Å². The first-order valence-electron chi connectivity index (χ1n) is 5.12. The van der Waals surface area contributed by atoms with Gasteiger partial charge in [-0.25, -0.2) is 0 Å². The normalized spacial score (nSPS) is 13.1. The van der Waals surface area contributed by atoms with Gasteiger partial charge < -0.3 is 9.52 Å². The maximum atomic E-state index is 9.28. The summed E-state index contributed by atoms with van der Waals surface area (Å²) >= 11 is 0. The average Bonchev–Trinajstić information content (AvgIpc) is 2.73. The van der Waals surface area contributed by atoms with Crippen LogP contribution in [0.5, 0.6) is 5.95 Å². The maximum Gasteiger partial charge on any atom is 0.290 e. The minimum absolute atomic E-state index is 0.0653. The van der Waals surface area contributed by atoms with Crippen LogP contribution in [0.15, 0.2) is 52.1 Å². The van der Waals surface area contributed by atoms with Crippen molar-refractivity contribution in [2.24, 2.45) is 4.99 Å². The summed E-state index contributed by atoms with van der Waals surface area (Å²) in [5.74, 6) is -0.0935. The molecular formula is C13H13NO2. The third kappa shape index (κ3) is 2.31. The second-order valence-corrected chi connectivity index (χ2v) is 3.55. The van der Waals surface area contributed by atoms with Crippen molar-refractivity contribution in [2.75, 3.05) is 0 Å². The number of hydrogen-bond acceptors (Lipinski definition) is 3. The van der Waals surface area contributed by atoms with E-state index in [1.165, 1.54) is 6.26 Å². The molecule has 16 heavy (non-hydrogen) atoms. The van der Waals surface area contributed by atoms with E-state index in [0.717, 1.165) is 5.56 Å². The highest BCUT2D eigenvalue weighted by Crippen LogP contribution is 2.18. The van der Waals surface area contributed by atoms with Crippen LogP contribution in [0.3, 0.4) is 0 Å². The van der Waals surface area contributed by atoms with E-state index < -0.39 is 0 Å². The molecule has 0 spiro atoms. The molecule has 1 aromatic carbocycles. The molecular weight excluding hydrogens is 202 g/mol. The van der Waals surface area contributed by atoms with Gasteiger partial charge >= 0.3 is 0 Å². The predicted molar refractivity (Wildman–Crippen MR) is 62.8 cm³/mol. The summed E-state index contributed by atoms with van der Waals surface area (Å²) in [4.78, 5) is 4.35. The fraction of sp³-hybridized carbons (Fsp3) is 0.154. The van der Waals surface area contributed by atoms with E-state index in [0.29, 0.717) is 5.56 Å². The molecule has 2 aromatic rings. The average molecular weight is 215 g/mol. The largest absolute Gasteiger partial charge is 0.480 e. The molecule has 0 radical (unpaired) electrons. The molecule has 3 nitrogen and oxygen atoms in total. The Balaban J connectivity index is 2.11. The predicted octanol–water partition coefficient (Wildman–Crippen LogP) is 3.17. The molecule has 1 unspecified atom stereocenters. The lowest BCUT2D eigenvalue weighted by Gasteiger charge is -2.04. The summed E-state index contributed by atoms with van der Waals surface area (Å²) in [7, 11) is 0. The van der Waals surface area contributed by atoms with E-state index in [1.807, 2.05) is 37.3 Å². The van der Waals surface area contributed by atoms with Crippen LogP contribution < -0.4 is 0 Å². The van der Waals surface area contributed by atoms with Crippen LogP contribution in [0, 0.1) is 0 Å². The molecule has 82 valence electrons. The first kappa shape index (κ1) is 10.5. The summed E-state index contributed by atoms with van der Waals surface area (Å²) in [6, 6.07) is 11.7. The van der Waals surface area contributed by atoms with Crippen LogP contribution in [-0.4, -0.2) is 11.3 Å². The Hall–Kier alpha value is -2.03. The highest BCUT2D eigenvalue weighted by atomic mass is 16.5. The third-order valence-corrected chi connectivity index (χ3v) is 2.39. The molecule has 1 atom stereocenters. The molecule has 0 saturated heterocycles. The highest BCUT2D eigenvalue weighted by Gasteiger charge is 2.03. The standard InChI is InChI=1S/C13H13NO2/c1-10(11-5-3-2-4-6-11)14-9-12-7-8-16-13(12)15/h2-10,15H,1H3. The van der Waals surface area contributed by atoms with Crippen molar-refractivity contribution < 1.29 is 9.52 Å².